The lowest BCUT2D eigenvalue weighted by Gasteiger charge is -2.13. The highest BCUT2D eigenvalue weighted by atomic mass is 16.5. The first-order chi connectivity index (χ1) is 10.6. The number of nitrogen functional groups attached to an aromatic ring is 1. The van der Waals surface area contributed by atoms with Crippen molar-refractivity contribution in [1.82, 2.24) is 0 Å². The number of rotatable bonds is 5. The Morgan fingerprint density at radius 1 is 0.955 bits per heavy atom. The second-order valence-electron chi connectivity index (χ2n) is 4.45. The van der Waals surface area contributed by atoms with Crippen LogP contribution >= 0.6 is 0 Å². The van der Waals surface area contributed by atoms with Gasteiger partial charge in [0.25, 0.3) is 5.91 Å². The minimum absolute atomic E-state index is 0.321. The summed E-state index contributed by atoms with van der Waals surface area (Å²) >= 11 is 0. The molecule has 2 rings (SSSR count). The van der Waals surface area contributed by atoms with Gasteiger partial charge < -0.3 is 25.3 Å². The molecule has 6 nitrogen and oxygen atoms in total. The van der Waals surface area contributed by atoms with Crippen LogP contribution in [0.25, 0.3) is 0 Å². The SMILES string of the molecule is COc1ccc(NC(=O)c2c(OC)cccc2OC)cc1N. The van der Waals surface area contributed by atoms with Crippen LogP contribution in [0, 0.1) is 0 Å². The molecule has 2 aromatic carbocycles. The summed E-state index contributed by atoms with van der Waals surface area (Å²) in [5, 5.41) is 2.77. The van der Waals surface area contributed by atoms with Gasteiger partial charge in [0.05, 0.1) is 27.0 Å². The number of carbonyl (C=O) groups is 1. The van der Waals surface area contributed by atoms with Crippen molar-refractivity contribution in [3.8, 4) is 17.2 Å². The Balaban J connectivity index is 2.31. The van der Waals surface area contributed by atoms with E-state index in [1.165, 1.54) is 21.3 Å². The third-order valence-electron chi connectivity index (χ3n) is 3.14. The summed E-state index contributed by atoms with van der Waals surface area (Å²) in [6.45, 7) is 0. The molecule has 0 unspecified atom stereocenters. The van der Waals surface area contributed by atoms with E-state index in [1.54, 1.807) is 36.4 Å². The second kappa shape index (κ2) is 6.71. The molecule has 0 fully saturated rings. The largest absolute Gasteiger partial charge is 0.496 e. The van der Waals surface area contributed by atoms with Crippen LogP contribution < -0.4 is 25.3 Å². The van der Waals surface area contributed by atoms with Gasteiger partial charge in [-0.3, -0.25) is 4.79 Å². The molecule has 0 aliphatic heterocycles. The summed E-state index contributed by atoms with van der Waals surface area (Å²) in [6, 6.07) is 10.2. The van der Waals surface area contributed by atoms with Crippen LogP contribution in [-0.4, -0.2) is 27.2 Å². The van der Waals surface area contributed by atoms with Crippen LogP contribution in [0.2, 0.25) is 0 Å². The van der Waals surface area contributed by atoms with Gasteiger partial charge in [-0.05, 0) is 30.3 Å². The van der Waals surface area contributed by atoms with E-state index in [1.807, 2.05) is 0 Å². The Labute approximate surface area is 128 Å². The van der Waals surface area contributed by atoms with Crippen LogP contribution in [-0.2, 0) is 0 Å². The third-order valence-corrected chi connectivity index (χ3v) is 3.14. The van der Waals surface area contributed by atoms with Crippen molar-refractivity contribution < 1.29 is 19.0 Å². The van der Waals surface area contributed by atoms with Gasteiger partial charge in [-0.25, -0.2) is 0 Å². The summed E-state index contributed by atoms with van der Waals surface area (Å²) in [7, 11) is 4.53. The Morgan fingerprint density at radius 3 is 2.05 bits per heavy atom. The summed E-state index contributed by atoms with van der Waals surface area (Å²) in [4.78, 5) is 12.5. The minimum Gasteiger partial charge on any atom is -0.496 e. The zero-order chi connectivity index (χ0) is 16.1. The molecule has 0 radical (unpaired) electrons. The van der Waals surface area contributed by atoms with E-state index in [9.17, 15) is 4.79 Å². The molecule has 3 N–H and O–H groups in total. The summed E-state index contributed by atoms with van der Waals surface area (Å²) in [5.41, 5.74) is 7.14. The summed E-state index contributed by atoms with van der Waals surface area (Å²) in [6.07, 6.45) is 0. The maximum absolute atomic E-state index is 12.5. The van der Waals surface area contributed by atoms with Gasteiger partial charge in [-0.1, -0.05) is 6.07 Å². The molecule has 0 heterocycles. The molecule has 116 valence electrons. The molecular weight excluding hydrogens is 284 g/mol. The Kier molecular flexibility index (Phi) is 4.73. The lowest BCUT2D eigenvalue weighted by Crippen LogP contribution is -2.14. The van der Waals surface area contributed by atoms with Crippen LogP contribution in [0.1, 0.15) is 10.4 Å². The highest BCUT2D eigenvalue weighted by Gasteiger charge is 2.18. The molecular formula is C16H18N2O4. The first-order valence-electron chi connectivity index (χ1n) is 6.56. The van der Waals surface area contributed by atoms with Gasteiger partial charge in [0, 0.05) is 5.69 Å². The topological polar surface area (TPSA) is 82.8 Å². The zero-order valence-corrected chi connectivity index (χ0v) is 12.7. The number of benzene rings is 2. The Bertz CT molecular complexity index is 664. The van der Waals surface area contributed by atoms with Crippen molar-refractivity contribution in [3.05, 3.63) is 42.0 Å². The predicted octanol–water partition coefficient (Wildman–Crippen LogP) is 2.55. The van der Waals surface area contributed by atoms with Crippen molar-refractivity contribution in [2.75, 3.05) is 32.4 Å². The van der Waals surface area contributed by atoms with E-state index in [2.05, 4.69) is 5.32 Å². The normalized spacial score (nSPS) is 9.95. The number of ether oxygens (including phenoxy) is 3. The number of methoxy groups -OCH3 is 3. The molecule has 2 aromatic rings. The highest BCUT2D eigenvalue weighted by Crippen LogP contribution is 2.30. The maximum Gasteiger partial charge on any atom is 0.263 e. The molecule has 0 aliphatic rings. The van der Waals surface area contributed by atoms with Gasteiger partial charge in [-0.15, -0.1) is 0 Å². The first-order valence-corrected chi connectivity index (χ1v) is 6.56. The van der Waals surface area contributed by atoms with Crippen molar-refractivity contribution in [1.29, 1.82) is 0 Å². The zero-order valence-electron chi connectivity index (χ0n) is 12.7. The van der Waals surface area contributed by atoms with Crippen molar-refractivity contribution in [2.45, 2.75) is 0 Å². The lowest BCUT2D eigenvalue weighted by molar-refractivity contribution is 0.102. The van der Waals surface area contributed by atoms with Gasteiger partial charge in [0.1, 0.15) is 22.8 Å². The van der Waals surface area contributed by atoms with Crippen LogP contribution in [0.15, 0.2) is 36.4 Å². The molecule has 6 heteroatoms. The maximum atomic E-state index is 12.5. The van der Waals surface area contributed by atoms with Crippen molar-refractivity contribution in [3.63, 3.8) is 0 Å². The Hall–Kier alpha value is -2.89. The predicted molar refractivity (Wildman–Crippen MR) is 84.9 cm³/mol. The van der Waals surface area contributed by atoms with E-state index in [0.717, 1.165) is 0 Å². The fourth-order valence-corrected chi connectivity index (χ4v) is 2.08. The number of hydrogen-bond donors (Lipinski definition) is 2. The molecule has 0 saturated heterocycles. The quantitative estimate of drug-likeness (QED) is 0.829. The summed E-state index contributed by atoms with van der Waals surface area (Å²) in [5.74, 6) is 1.06. The molecule has 0 atom stereocenters. The first kappa shape index (κ1) is 15.5. The molecule has 22 heavy (non-hydrogen) atoms. The van der Waals surface area contributed by atoms with E-state index in [0.29, 0.717) is 34.2 Å². The number of anilines is 2. The van der Waals surface area contributed by atoms with Crippen LogP contribution in [0.3, 0.4) is 0 Å². The monoisotopic (exact) mass is 302 g/mol. The molecule has 0 bridgehead atoms. The average Bonchev–Trinajstić information content (AvgIpc) is 2.54. The molecule has 0 saturated carbocycles. The number of amides is 1. The van der Waals surface area contributed by atoms with E-state index in [4.69, 9.17) is 19.9 Å². The second-order valence-corrected chi connectivity index (χ2v) is 4.45. The number of hydrogen-bond acceptors (Lipinski definition) is 5. The number of nitrogens with one attached hydrogen (secondary N) is 1. The minimum atomic E-state index is -0.348. The van der Waals surface area contributed by atoms with E-state index in [-0.39, 0.29) is 5.91 Å². The van der Waals surface area contributed by atoms with Gasteiger partial charge in [-0.2, -0.15) is 0 Å². The number of nitrogens with two attached hydrogens (primary N) is 1. The highest BCUT2D eigenvalue weighted by molar-refractivity contribution is 6.08. The molecule has 0 aromatic heterocycles. The molecule has 0 aliphatic carbocycles. The van der Waals surface area contributed by atoms with Crippen LogP contribution in [0.5, 0.6) is 17.2 Å². The molecule has 0 spiro atoms. The fraction of sp³-hybridized carbons (Fsp3) is 0.188. The Morgan fingerprint density at radius 2 is 1.55 bits per heavy atom. The van der Waals surface area contributed by atoms with E-state index < -0.39 is 0 Å². The van der Waals surface area contributed by atoms with Gasteiger partial charge >= 0.3 is 0 Å². The lowest BCUT2D eigenvalue weighted by atomic mass is 10.1. The van der Waals surface area contributed by atoms with Crippen molar-refractivity contribution >= 4 is 17.3 Å². The summed E-state index contributed by atoms with van der Waals surface area (Å²) < 4.78 is 15.5. The van der Waals surface area contributed by atoms with Crippen LogP contribution in [0.4, 0.5) is 11.4 Å². The van der Waals surface area contributed by atoms with E-state index >= 15 is 0 Å². The number of carbonyl (C=O) groups excluding carboxylic acids is 1. The smallest absolute Gasteiger partial charge is 0.263 e. The third kappa shape index (κ3) is 3.06. The van der Waals surface area contributed by atoms with Gasteiger partial charge in [0.15, 0.2) is 0 Å². The van der Waals surface area contributed by atoms with Crippen molar-refractivity contribution in [2.24, 2.45) is 0 Å². The average molecular weight is 302 g/mol. The fourth-order valence-electron chi connectivity index (χ4n) is 2.08. The molecule has 1 amide bonds. The van der Waals surface area contributed by atoms with Gasteiger partial charge in [0.2, 0.25) is 0 Å². The standard InChI is InChI=1S/C16H18N2O4/c1-20-12-8-7-10(9-11(12)17)18-16(19)15-13(21-2)5-4-6-14(15)22-3/h4-9H,17H2,1-3H3,(H,18,19).